The molecule has 6 atom stereocenters. The van der Waals surface area contributed by atoms with Crippen LogP contribution in [-0.2, 0) is 65.4 Å². The van der Waals surface area contributed by atoms with Crippen molar-refractivity contribution in [2.24, 2.45) is 23.7 Å². The molecule has 0 aromatic heterocycles. The lowest BCUT2D eigenvalue weighted by molar-refractivity contribution is -0.161. The summed E-state index contributed by atoms with van der Waals surface area (Å²) in [5.41, 5.74) is 0. The summed E-state index contributed by atoms with van der Waals surface area (Å²) < 4.78 is 68.6. The molecule has 0 rings (SSSR count). The highest BCUT2D eigenvalue weighted by Gasteiger charge is 2.30. The van der Waals surface area contributed by atoms with Gasteiger partial charge in [-0.25, -0.2) is 9.13 Å². The fourth-order valence-electron chi connectivity index (χ4n) is 11.9. The highest BCUT2D eigenvalue weighted by atomic mass is 31.2. The fraction of sp³-hybridized carbons (Fsp3) is 0.949. The molecule has 576 valence electrons. The first-order valence-electron chi connectivity index (χ1n) is 40.2. The van der Waals surface area contributed by atoms with Gasteiger partial charge in [-0.1, -0.05) is 344 Å². The first-order chi connectivity index (χ1) is 46.6. The predicted molar refractivity (Wildman–Crippen MR) is 395 cm³/mol. The Kier molecular flexibility index (Phi) is 65.9. The van der Waals surface area contributed by atoms with Crippen LogP contribution >= 0.6 is 15.6 Å². The number of phosphoric ester groups is 2. The van der Waals surface area contributed by atoms with Gasteiger partial charge in [0, 0.05) is 25.7 Å². The molecule has 97 heavy (non-hydrogen) atoms. The summed E-state index contributed by atoms with van der Waals surface area (Å²) in [5, 5.41) is 10.6. The third kappa shape index (κ3) is 70.9. The van der Waals surface area contributed by atoms with Crippen LogP contribution in [0.15, 0.2) is 0 Å². The topological polar surface area (TPSA) is 237 Å². The average Bonchev–Trinajstić information content (AvgIpc) is 1.08. The Balaban J connectivity index is 5.20. The van der Waals surface area contributed by atoms with Crippen molar-refractivity contribution in [3.63, 3.8) is 0 Å². The van der Waals surface area contributed by atoms with Gasteiger partial charge in [-0.2, -0.15) is 0 Å². The zero-order chi connectivity index (χ0) is 71.7. The summed E-state index contributed by atoms with van der Waals surface area (Å²) >= 11 is 0. The summed E-state index contributed by atoms with van der Waals surface area (Å²) in [6.45, 7) is 14.2. The molecule has 19 heteroatoms. The van der Waals surface area contributed by atoms with Gasteiger partial charge in [0.25, 0.3) is 0 Å². The van der Waals surface area contributed by atoms with Gasteiger partial charge in [-0.15, -0.1) is 0 Å². The van der Waals surface area contributed by atoms with Gasteiger partial charge in [-0.05, 0) is 49.4 Å². The average molecular weight is 1420 g/mol. The Morgan fingerprint density at radius 2 is 0.495 bits per heavy atom. The lowest BCUT2D eigenvalue weighted by Crippen LogP contribution is -2.30. The Hall–Kier alpha value is -1.94. The Bertz CT molecular complexity index is 1900. The molecule has 0 heterocycles. The van der Waals surface area contributed by atoms with E-state index in [0.29, 0.717) is 25.7 Å². The second kappa shape index (κ2) is 67.2. The molecule has 3 N–H and O–H groups in total. The van der Waals surface area contributed by atoms with Gasteiger partial charge in [0.1, 0.15) is 19.3 Å². The smallest absolute Gasteiger partial charge is 0.462 e. The van der Waals surface area contributed by atoms with Crippen molar-refractivity contribution < 1.29 is 80.2 Å². The molecule has 0 aromatic rings. The molecule has 0 aromatic carbocycles. The molecule has 0 bridgehead atoms. The van der Waals surface area contributed by atoms with Crippen molar-refractivity contribution in [2.75, 3.05) is 39.6 Å². The van der Waals surface area contributed by atoms with Crippen molar-refractivity contribution in [1.82, 2.24) is 0 Å². The van der Waals surface area contributed by atoms with Gasteiger partial charge < -0.3 is 33.8 Å². The van der Waals surface area contributed by atoms with Crippen molar-refractivity contribution in [3.8, 4) is 0 Å². The van der Waals surface area contributed by atoms with Crippen LogP contribution in [0.4, 0.5) is 0 Å². The first kappa shape index (κ1) is 95.1. The van der Waals surface area contributed by atoms with E-state index in [0.717, 1.165) is 120 Å². The molecule has 0 radical (unpaired) electrons. The van der Waals surface area contributed by atoms with Crippen molar-refractivity contribution >= 4 is 39.5 Å². The number of carbonyl (C=O) groups excluding carboxylic acids is 4. The van der Waals surface area contributed by atoms with Crippen LogP contribution in [0.3, 0.4) is 0 Å². The van der Waals surface area contributed by atoms with Crippen LogP contribution in [0.25, 0.3) is 0 Å². The molecule has 0 saturated heterocycles. The SMILES string of the molecule is CCC(C)CCCCCCCCC(=O)OC[C@H](COP(=O)(O)OC[C@H](O)COP(=O)(O)OC[C@@H](COC(=O)CCCCCCCCCCCCC(C)C)OC(=O)CCCCCCCCCCCCC(C)C)OC(=O)CCCCCCCCCCCCCCCCCCCCC(C)C. The minimum atomic E-state index is -4.96. The lowest BCUT2D eigenvalue weighted by Gasteiger charge is -2.21. The third-order valence-corrected chi connectivity index (χ3v) is 20.3. The third-order valence-electron chi connectivity index (χ3n) is 18.4. The second-order valence-electron chi connectivity index (χ2n) is 29.8. The Morgan fingerprint density at radius 1 is 0.289 bits per heavy atom. The van der Waals surface area contributed by atoms with Gasteiger partial charge in [0.2, 0.25) is 0 Å². The summed E-state index contributed by atoms with van der Waals surface area (Å²) in [5.74, 6) is 0.942. The number of rotatable bonds is 75. The van der Waals surface area contributed by atoms with E-state index in [2.05, 4.69) is 55.4 Å². The second-order valence-corrected chi connectivity index (χ2v) is 32.7. The minimum Gasteiger partial charge on any atom is -0.462 e. The maximum absolute atomic E-state index is 13.1. The van der Waals surface area contributed by atoms with Crippen LogP contribution in [0, 0.1) is 23.7 Å². The van der Waals surface area contributed by atoms with E-state index in [1.807, 2.05) is 0 Å². The van der Waals surface area contributed by atoms with E-state index >= 15 is 0 Å². The molecule has 0 amide bonds. The molecule has 0 aliphatic carbocycles. The molecule has 0 saturated carbocycles. The van der Waals surface area contributed by atoms with Gasteiger partial charge >= 0.3 is 39.5 Å². The maximum atomic E-state index is 13.1. The largest absolute Gasteiger partial charge is 0.472 e. The van der Waals surface area contributed by atoms with E-state index in [1.54, 1.807) is 0 Å². The number of aliphatic hydroxyl groups is 1. The van der Waals surface area contributed by atoms with Gasteiger partial charge in [0.05, 0.1) is 26.4 Å². The lowest BCUT2D eigenvalue weighted by atomic mass is 10.00. The van der Waals surface area contributed by atoms with Crippen LogP contribution in [-0.4, -0.2) is 96.7 Å². The van der Waals surface area contributed by atoms with E-state index < -0.39 is 97.5 Å². The summed E-state index contributed by atoms with van der Waals surface area (Å²) in [6, 6.07) is 0. The summed E-state index contributed by atoms with van der Waals surface area (Å²) in [7, 11) is -9.92. The molecule has 0 aliphatic rings. The number of esters is 4. The molecular weight excluding hydrogens is 1270 g/mol. The number of unbranched alkanes of at least 4 members (excludes halogenated alkanes) is 40. The molecule has 0 spiro atoms. The van der Waals surface area contributed by atoms with E-state index in [1.165, 1.54) is 193 Å². The molecular formula is C78H152O17P2. The van der Waals surface area contributed by atoms with Crippen molar-refractivity contribution in [2.45, 2.75) is 414 Å². The van der Waals surface area contributed by atoms with Crippen LogP contribution < -0.4 is 0 Å². The van der Waals surface area contributed by atoms with Crippen LogP contribution in [0.2, 0.25) is 0 Å². The van der Waals surface area contributed by atoms with E-state index in [-0.39, 0.29) is 25.7 Å². The van der Waals surface area contributed by atoms with Crippen molar-refractivity contribution in [3.05, 3.63) is 0 Å². The summed E-state index contributed by atoms with van der Waals surface area (Å²) in [4.78, 5) is 72.9. The zero-order valence-electron chi connectivity index (χ0n) is 63.7. The molecule has 0 aliphatic heterocycles. The number of ether oxygens (including phenoxy) is 4. The van der Waals surface area contributed by atoms with Gasteiger partial charge in [-0.3, -0.25) is 37.3 Å². The minimum absolute atomic E-state index is 0.105. The Labute approximate surface area is 594 Å². The van der Waals surface area contributed by atoms with E-state index in [4.69, 9.17) is 37.0 Å². The number of carbonyl (C=O) groups is 4. The highest BCUT2D eigenvalue weighted by Crippen LogP contribution is 2.45. The normalized spacial score (nSPS) is 14.4. The standard InChI is InChI=1S/C78H152O17P2/c1-9-71(8)57-49-41-36-37-43-51-59-76(81)89-65-74(95-77(82)60-52-44-34-28-19-17-15-13-11-10-12-14-16-18-24-30-38-46-54-68(2)3)67-93-97(86,87)91-63-72(79)62-90-96(84,85)92-66-73(94-78(83)61-53-45-35-29-23-21-26-32-40-48-56-70(6)7)64-88-75(80)58-50-42-33-27-22-20-25-31-39-47-55-69(4)5/h68-74,79H,9-67H2,1-8H3,(H,84,85)(H,86,87)/t71?,72-,73-,74-/m1/s1. The molecule has 3 unspecified atom stereocenters. The fourth-order valence-corrected chi connectivity index (χ4v) is 13.5. The summed E-state index contributed by atoms with van der Waals surface area (Å²) in [6.07, 6.45) is 52.8. The predicted octanol–water partition coefficient (Wildman–Crippen LogP) is 22.8. The maximum Gasteiger partial charge on any atom is 0.472 e. The zero-order valence-corrected chi connectivity index (χ0v) is 65.5. The van der Waals surface area contributed by atoms with Gasteiger partial charge in [0.15, 0.2) is 12.2 Å². The molecule has 0 fully saturated rings. The van der Waals surface area contributed by atoms with Crippen LogP contribution in [0.1, 0.15) is 396 Å². The quantitative estimate of drug-likeness (QED) is 0.0222. The van der Waals surface area contributed by atoms with E-state index in [9.17, 15) is 43.2 Å². The highest BCUT2D eigenvalue weighted by molar-refractivity contribution is 7.47. The van der Waals surface area contributed by atoms with Crippen molar-refractivity contribution in [1.29, 1.82) is 0 Å². The monoisotopic (exact) mass is 1420 g/mol. The molecule has 17 nitrogen and oxygen atoms in total. The number of hydrogen-bond donors (Lipinski definition) is 3. The first-order valence-corrected chi connectivity index (χ1v) is 43.2. The van der Waals surface area contributed by atoms with Crippen LogP contribution in [0.5, 0.6) is 0 Å². The number of phosphoric acid groups is 2. The number of aliphatic hydroxyl groups excluding tert-OH is 1. The Morgan fingerprint density at radius 3 is 0.732 bits per heavy atom. The number of hydrogen-bond acceptors (Lipinski definition) is 15.